The second kappa shape index (κ2) is 12.3. The van der Waals surface area contributed by atoms with Crippen molar-refractivity contribution in [3.05, 3.63) is 234 Å². The van der Waals surface area contributed by atoms with Crippen LogP contribution in [0.15, 0.2) is 200 Å². The van der Waals surface area contributed by atoms with Gasteiger partial charge in [0.15, 0.2) is 0 Å². The molecule has 1 nitrogen and oxygen atoms in total. The quantitative estimate of drug-likeness (QED) is 0.177. The number of anilines is 3. The predicted octanol–water partition coefficient (Wildman–Crippen LogP) is 13.3. The maximum atomic E-state index is 2.48. The number of benzene rings is 8. The van der Waals surface area contributed by atoms with Gasteiger partial charge >= 0.3 is 0 Å². The van der Waals surface area contributed by atoms with Gasteiger partial charge < -0.3 is 4.90 Å². The second-order valence-corrected chi connectivity index (χ2v) is 13.6. The van der Waals surface area contributed by atoms with Crippen molar-refractivity contribution in [2.24, 2.45) is 0 Å². The van der Waals surface area contributed by atoms with Crippen molar-refractivity contribution in [2.45, 2.75) is 5.41 Å². The number of hydrogen-bond acceptors (Lipinski definition) is 1. The summed E-state index contributed by atoms with van der Waals surface area (Å²) in [4.78, 5) is 2.48. The van der Waals surface area contributed by atoms with Gasteiger partial charge in [0.05, 0.1) is 16.8 Å². The fraction of sp³-hybridized carbons (Fsp3) is 0.0196. The van der Waals surface area contributed by atoms with Crippen LogP contribution < -0.4 is 4.90 Å². The van der Waals surface area contributed by atoms with Crippen molar-refractivity contribution in [3.8, 4) is 33.4 Å². The minimum absolute atomic E-state index is 0.512. The first kappa shape index (κ1) is 30.2. The molecule has 0 atom stereocenters. The summed E-state index contributed by atoms with van der Waals surface area (Å²) in [6.45, 7) is 0. The standard InChI is InChI=1S/C51H35N/c1-3-17-36(18-4-1)41-23-10-15-29-49(41)52(50-30-16-11-24-42(50)37-19-5-2-6-20-37)40-33-34-44-43-25-9-14-28-47(43)51(48(44)35-40)45-26-12-7-21-38(45)31-32-39-22-8-13-27-46(39)51/h1-35H. The highest BCUT2D eigenvalue weighted by molar-refractivity contribution is 5.97. The third-order valence-corrected chi connectivity index (χ3v) is 10.9. The Hall–Kier alpha value is -6.70. The molecule has 0 fully saturated rings. The van der Waals surface area contributed by atoms with Crippen molar-refractivity contribution in [1.29, 1.82) is 0 Å². The van der Waals surface area contributed by atoms with Gasteiger partial charge in [0.25, 0.3) is 0 Å². The van der Waals surface area contributed by atoms with Crippen LogP contribution >= 0.6 is 0 Å². The summed E-state index contributed by atoms with van der Waals surface area (Å²) >= 11 is 0. The normalized spacial score (nSPS) is 13.1. The number of hydrogen-bond donors (Lipinski definition) is 0. The van der Waals surface area contributed by atoms with Gasteiger partial charge in [-0.15, -0.1) is 0 Å². The molecule has 0 heterocycles. The summed E-state index contributed by atoms with van der Waals surface area (Å²) in [5.74, 6) is 0. The molecule has 0 saturated carbocycles. The SMILES string of the molecule is C1=Cc2ccccc2C2(c3ccccc31)c1ccccc1-c1ccc(N(c3ccccc3-c3ccccc3)c3ccccc3-c3ccccc3)cc12. The molecule has 0 aromatic heterocycles. The van der Waals surface area contributed by atoms with Crippen molar-refractivity contribution in [2.75, 3.05) is 4.90 Å². The van der Waals surface area contributed by atoms with Crippen molar-refractivity contribution < 1.29 is 0 Å². The van der Waals surface area contributed by atoms with Gasteiger partial charge in [-0.1, -0.05) is 188 Å². The largest absolute Gasteiger partial charge is 0.309 e. The zero-order valence-corrected chi connectivity index (χ0v) is 28.7. The Bertz CT molecular complexity index is 2500. The molecule has 0 aliphatic heterocycles. The van der Waals surface area contributed by atoms with E-state index in [0.717, 1.165) is 17.1 Å². The van der Waals surface area contributed by atoms with Crippen LogP contribution in [0.5, 0.6) is 0 Å². The lowest BCUT2D eigenvalue weighted by Crippen LogP contribution is -2.30. The number of fused-ring (bicyclic) bond motifs is 9. The monoisotopic (exact) mass is 661 g/mol. The maximum absolute atomic E-state index is 2.48. The summed E-state index contributed by atoms with van der Waals surface area (Å²) in [5, 5.41) is 0. The lowest BCUT2D eigenvalue weighted by Gasteiger charge is -2.36. The Morgan fingerprint density at radius 2 is 0.731 bits per heavy atom. The molecule has 0 N–H and O–H groups in total. The molecule has 1 heteroatoms. The van der Waals surface area contributed by atoms with Crippen LogP contribution in [0, 0.1) is 0 Å². The smallest absolute Gasteiger partial charge is 0.0725 e. The molecule has 0 unspecified atom stereocenters. The van der Waals surface area contributed by atoms with E-state index in [2.05, 4.69) is 217 Å². The molecule has 10 rings (SSSR count). The van der Waals surface area contributed by atoms with Crippen molar-refractivity contribution in [3.63, 3.8) is 0 Å². The van der Waals surface area contributed by atoms with Crippen LogP contribution in [-0.4, -0.2) is 0 Å². The fourth-order valence-corrected chi connectivity index (χ4v) is 8.75. The van der Waals surface area contributed by atoms with Gasteiger partial charge in [0.2, 0.25) is 0 Å². The number of para-hydroxylation sites is 2. The van der Waals surface area contributed by atoms with E-state index in [9.17, 15) is 0 Å². The van der Waals surface area contributed by atoms with E-state index in [0.29, 0.717) is 0 Å². The lowest BCUT2D eigenvalue weighted by atomic mass is 9.66. The van der Waals surface area contributed by atoms with Crippen LogP contribution in [0.25, 0.3) is 45.5 Å². The van der Waals surface area contributed by atoms with Crippen LogP contribution in [-0.2, 0) is 5.41 Å². The molecule has 1 spiro atoms. The minimum atomic E-state index is -0.512. The minimum Gasteiger partial charge on any atom is -0.309 e. The van der Waals surface area contributed by atoms with Crippen LogP contribution in [0.4, 0.5) is 17.1 Å². The molecule has 0 bridgehead atoms. The van der Waals surface area contributed by atoms with Gasteiger partial charge in [-0.3, -0.25) is 0 Å². The first-order chi connectivity index (χ1) is 25.8. The molecule has 8 aromatic rings. The Balaban J connectivity index is 1.30. The van der Waals surface area contributed by atoms with E-state index in [1.807, 2.05) is 0 Å². The Labute approximate surface area is 305 Å². The molecule has 244 valence electrons. The predicted molar refractivity (Wildman–Crippen MR) is 218 cm³/mol. The summed E-state index contributed by atoms with van der Waals surface area (Å²) < 4.78 is 0. The Morgan fingerprint density at radius 1 is 0.308 bits per heavy atom. The summed E-state index contributed by atoms with van der Waals surface area (Å²) in [6, 6.07) is 73.3. The summed E-state index contributed by atoms with van der Waals surface area (Å²) in [7, 11) is 0. The Kier molecular flexibility index (Phi) is 7.11. The average molecular weight is 662 g/mol. The molecule has 0 saturated heterocycles. The number of rotatable bonds is 5. The van der Waals surface area contributed by atoms with Crippen molar-refractivity contribution in [1.82, 2.24) is 0 Å². The zero-order valence-electron chi connectivity index (χ0n) is 28.7. The van der Waals surface area contributed by atoms with Gasteiger partial charge in [0.1, 0.15) is 0 Å². The van der Waals surface area contributed by atoms with Gasteiger partial charge in [-0.2, -0.15) is 0 Å². The molecule has 0 amide bonds. The molecule has 8 aromatic carbocycles. The fourth-order valence-electron chi connectivity index (χ4n) is 8.75. The van der Waals surface area contributed by atoms with E-state index < -0.39 is 5.41 Å². The van der Waals surface area contributed by atoms with E-state index in [1.165, 1.54) is 66.8 Å². The van der Waals surface area contributed by atoms with E-state index >= 15 is 0 Å². The van der Waals surface area contributed by atoms with Gasteiger partial charge in [0, 0.05) is 16.8 Å². The molecule has 2 aliphatic carbocycles. The molecule has 2 aliphatic rings. The summed E-state index contributed by atoms with van der Waals surface area (Å²) in [6.07, 6.45) is 4.60. The van der Waals surface area contributed by atoms with E-state index in [-0.39, 0.29) is 0 Å². The second-order valence-electron chi connectivity index (χ2n) is 13.6. The highest BCUT2D eigenvalue weighted by Gasteiger charge is 2.48. The van der Waals surface area contributed by atoms with Crippen LogP contribution in [0.3, 0.4) is 0 Å². The molecule has 0 radical (unpaired) electrons. The third kappa shape index (κ3) is 4.56. The highest BCUT2D eigenvalue weighted by atomic mass is 15.1. The molecular weight excluding hydrogens is 627 g/mol. The first-order valence-electron chi connectivity index (χ1n) is 18.0. The summed E-state index contributed by atoms with van der Waals surface area (Å²) in [5.41, 5.74) is 17.9. The maximum Gasteiger partial charge on any atom is 0.0725 e. The third-order valence-electron chi connectivity index (χ3n) is 10.9. The van der Waals surface area contributed by atoms with Crippen LogP contribution in [0.2, 0.25) is 0 Å². The molecule has 52 heavy (non-hydrogen) atoms. The van der Waals surface area contributed by atoms with E-state index in [4.69, 9.17) is 0 Å². The Morgan fingerprint density at radius 3 is 1.29 bits per heavy atom. The van der Waals surface area contributed by atoms with E-state index in [1.54, 1.807) is 0 Å². The zero-order chi connectivity index (χ0) is 34.5. The lowest BCUT2D eigenvalue weighted by molar-refractivity contribution is 0.766. The molecular formula is C51H35N. The highest BCUT2D eigenvalue weighted by Crippen LogP contribution is 2.59. The van der Waals surface area contributed by atoms with Crippen LogP contribution in [0.1, 0.15) is 33.4 Å². The van der Waals surface area contributed by atoms with Gasteiger partial charge in [-0.05, 0) is 79.9 Å². The number of nitrogens with zero attached hydrogens (tertiary/aromatic N) is 1. The average Bonchev–Trinajstić information content (AvgIpc) is 3.42. The van der Waals surface area contributed by atoms with Crippen molar-refractivity contribution >= 4 is 29.2 Å². The van der Waals surface area contributed by atoms with Gasteiger partial charge in [-0.25, -0.2) is 0 Å². The topological polar surface area (TPSA) is 3.24 Å². The first-order valence-corrected chi connectivity index (χ1v) is 18.0.